The molecule has 0 spiro atoms. The molecule has 0 aliphatic heterocycles. The molecule has 0 atom stereocenters. The van der Waals surface area contributed by atoms with Crippen LogP contribution in [0.2, 0.25) is 4.47 Å². The molecule has 0 unspecified atom stereocenters. The summed E-state index contributed by atoms with van der Waals surface area (Å²) in [6, 6.07) is 0. The van der Waals surface area contributed by atoms with Crippen molar-refractivity contribution < 1.29 is 9.90 Å². The van der Waals surface area contributed by atoms with Gasteiger partial charge in [-0.2, -0.15) is 0 Å². The van der Waals surface area contributed by atoms with Crippen LogP contribution in [0.3, 0.4) is 0 Å². The largest absolute Gasteiger partial charge is 0.388 e. The highest BCUT2D eigenvalue weighted by atomic mass is 35.5. The van der Waals surface area contributed by atoms with Crippen molar-refractivity contribution >= 4 is 28.8 Å². The van der Waals surface area contributed by atoms with E-state index in [9.17, 15) is 9.90 Å². The third-order valence-corrected chi connectivity index (χ3v) is 4.00. The van der Waals surface area contributed by atoms with E-state index in [1.54, 1.807) is 7.05 Å². The lowest BCUT2D eigenvalue weighted by atomic mass is 10.0. The maximum absolute atomic E-state index is 12.0. The predicted octanol–water partition coefficient (Wildman–Crippen LogP) is 1.57. The fourth-order valence-electron chi connectivity index (χ4n) is 2.16. The zero-order valence-corrected chi connectivity index (χ0v) is 11.1. The summed E-state index contributed by atoms with van der Waals surface area (Å²) in [7, 11) is 1.66. The number of carbonyl (C=O) groups excluding carboxylic acids is 1. The van der Waals surface area contributed by atoms with Crippen LogP contribution in [0, 0.1) is 0 Å². The van der Waals surface area contributed by atoms with Crippen molar-refractivity contribution in [2.75, 3.05) is 13.6 Å². The van der Waals surface area contributed by atoms with Gasteiger partial charge in [0.25, 0.3) is 5.91 Å². The van der Waals surface area contributed by atoms with E-state index in [2.05, 4.69) is 10.2 Å². The Morgan fingerprint density at radius 1 is 1.53 bits per heavy atom. The van der Waals surface area contributed by atoms with E-state index in [1.807, 2.05) is 0 Å². The van der Waals surface area contributed by atoms with Gasteiger partial charge in [-0.05, 0) is 24.4 Å². The van der Waals surface area contributed by atoms with E-state index in [0.717, 1.165) is 37.0 Å². The van der Waals surface area contributed by atoms with Gasteiger partial charge in [0.15, 0.2) is 0 Å². The lowest BCUT2D eigenvalue weighted by molar-refractivity contribution is 0.0156. The van der Waals surface area contributed by atoms with Crippen LogP contribution in [-0.4, -0.2) is 45.3 Å². The SMILES string of the molecule is CN(CC1(O)CCCC1)C(=O)c1nnc(Cl)s1. The molecule has 0 aromatic carbocycles. The summed E-state index contributed by atoms with van der Waals surface area (Å²) in [6.45, 7) is 0.336. The summed E-state index contributed by atoms with van der Waals surface area (Å²) in [6.07, 6.45) is 3.54. The number of hydrogen-bond donors (Lipinski definition) is 1. The molecule has 1 aliphatic carbocycles. The second kappa shape index (κ2) is 4.88. The molecule has 7 heteroatoms. The van der Waals surface area contributed by atoms with Gasteiger partial charge >= 0.3 is 0 Å². The standard InChI is InChI=1S/C10H14ClN3O2S/c1-14(6-10(16)4-2-3-5-10)8(15)7-12-13-9(11)17-7/h16H,2-6H2,1H3. The predicted molar refractivity (Wildman–Crippen MR) is 65.3 cm³/mol. The number of rotatable bonds is 3. The lowest BCUT2D eigenvalue weighted by Crippen LogP contribution is -2.42. The third kappa shape index (κ3) is 2.94. The van der Waals surface area contributed by atoms with E-state index in [1.165, 1.54) is 4.90 Å². The van der Waals surface area contributed by atoms with Crippen LogP contribution in [-0.2, 0) is 0 Å². The van der Waals surface area contributed by atoms with Crippen molar-refractivity contribution in [2.45, 2.75) is 31.3 Å². The highest BCUT2D eigenvalue weighted by molar-refractivity contribution is 7.17. The first-order valence-corrected chi connectivity index (χ1v) is 6.66. The Hall–Kier alpha value is -0.720. The third-order valence-electron chi connectivity index (χ3n) is 3.00. The van der Waals surface area contributed by atoms with Gasteiger partial charge < -0.3 is 10.0 Å². The zero-order valence-electron chi connectivity index (χ0n) is 9.52. The van der Waals surface area contributed by atoms with Crippen LogP contribution in [0.4, 0.5) is 0 Å². The molecule has 0 saturated heterocycles. The van der Waals surface area contributed by atoms with Crippen LogP contribution in [0.5, 0.6) is 0 Å². The van der Waals surface area contributed by atoms with Crippen molar-refractivity contribution in [3.63, 3.8) is 0 Å². The smallest absolute Gasteiger partial charge is 0.284 e. The summed E-state index contributed by atoms with van der Waals surface area (Å²) in [4.78, 5) is 13.4. The molecule has 2 rings (SSSR count). The van der Waals surface area contributed by atoms with Crippen molar-refractivity contribution in [2.24, 2.45) is 0 Å². The van der Waals surface area contributed by atoms with Gasteiger partial charge in [-0.1, -0.05) is 24.2 Å². The summed E-state index contributed by atoms with van der Waals surface area (Å²) in [5, 5.41) is 17.8. The molecule has 1 aromatic rings. The Morgan fingerprint density at radius 3 is 2.71 bits per heavy atom. The molecule has 1 amide bonds. The van der Waals surface area contributed by atoms with E-state index in [0.29, 0.717) is 6.54 Å². The Balaban J connectivity index is 2.00. The molecule has 0 bridgehead atoms. The van der Waals surface area contributed by atoms with E-state index in [4.69, 9.17) is 11.6 Å². The summed E-state index contributed by atoms with van der Waals surface area (Å²) in [5.74, 6) is -0.241. The van der Waals surface area contributed by atoms with Crippen molar-refractivity contribution in [1.82, 2.24) is 15.1 Å². The van der Waals surface area contributed by atoms with Crippen molar-refractivity contribution in [3.05, 3.63) is 9.47 Å². The monoisotopic (exact) mass is 275 g/mol. The minimum Gasteiger partial charge on any atom is -0.388 e. The molecule has 1 saturated carbocycles. The van der Waals surface area contributed by atoms with Crippen LogP contribution in [0.1, 0.15) is 35.5 Å². The Labute approximate surface area is 108 Å². The van der Waals surface area contributed by atoms with Gasteiger partial charge in [0.05, 0.1) is 5.60 Å². The molecule has 0 radical (unpaired) electrons. The van der Waals surface area contributed by atoms with E-state index < -0.39 is 5.60 Å². The lowest BCUT2D eigenvalue weighted by Gasteiger charge is -2.27. The fraction of sp³-hybridized carbons (Fsp3) is 0.700. The average molecular weight is 276 g/mol. The highest BCUT2D eigenvalue weighted by Crippen LogP contribution is 2.30. The molecule has 5 nitrogen and oxygen atoms in total. The van der Waals surface area contributed by atoms with Gasteiger partial charge in [-0.15, -0.1) is 10.2 Å². The second-order valence-corrected chi connectivity index (χ2v) is 6.01. The minimum atomic E-state index is -0.737. The molecule has 1 aromatic heterocycles. The highest BCUT2D eigenvalue weighted by Gasteiger charge is 2.34. The first kappa shape index (κ1) is 12.7. The molecule has 1 aliphatic rings. The number of likely N-dealkylation sites (N-methyl/N-ethyl adjacent to an activating group) is 1. The average Bonchev–Trinajstić information content (AvgIpc) is 2.86. The molecule has 1 heterocycles. The molecular weight excluding hydrogens is 262 g/mol. The molecular formula is C10H14ClN3O2S. The molecule has 1 N–H and O–H groups in total. The van der Waals surface area contributed by atoms with Crippen LogP contribution >= 0.6 is 22.9 Å². The number of aliphatic hydroxyl groups is 1. The second-order valence-electron chi connectivity index (χ2n) is 4.45. The summed E-state index contributed by atoms with van der Waals surface area (Å²) >= 11 is 6.68. The summed E-state index contributed by atoms with van der Waals surface area (Å²) < 4.78 is 0.251. The minimum absolute atomic E-state index is 0.241. The Bertz CT molecular complexity index is 417. The van der Waals surface area contributed by atoms with Crippen LogP contribution in [0.25, 0.3) is 0 Å². The van der Waals surface area contributed by atoms with Gasteiger partial charge in [0.2, 0.25) is 9.47 Å². The number of hydrogen-bond acceptors (Lipinski definition) is 5. The fourth-order valence-corrected chi connectivity index (χ4v) is 2.98. The first-order chi connectivity index (χ1) is 8.00. The number of amides is 1. The molecule has 17 heavy (non-hydrogen) atoms. The quantitative estimate of drug-likeness (QED) is 0.909. The Morgan fingerprint density at radius 2 is 2.18 bits per heavy atom. The van der Waals surface area contributed by atoms with Crippen LogP contribution < -0.4 is 0 Å². The number of carbonyl (C=O) groups is 1. The van der Waals surface area contributed by atoms with E-state index in [-0.39, 0.29) is 15.4 Å². The van der Waals surface area contributed by atoms with Gasteiger partial charge in [-0.25, -0.2) is 0 Å². The Kier molecular flexibility index (Phi) is 3.65. The van der Waals surface area contributed by atoms with Gasteiger partial charge in [0, 0.05) is 13.6 Å². The van der Waals surface area contributed by atoms with Gasteiger partial charge in [0.1, 0.15) is 0 Å². The van der Waals surface area contributed by atoms with Gasteiger partial charge in [-0.3, -0.25) is 4.79 Å². The molecule has 1 fully saturated rings. The maximum atomic E-state index is 12.0. The maximum Gasteiger partial charge on any atom is 0.284 e. The normalized spacial score (nSPS) is 18.3. The number of nitrogens with zero attached hydrogens (tertiary/aromatic N) is 3. The number of aromatic nitrogens is 2. The van der Waals surface area contributed by atoms with E-state index >= 15 is 0 Å². The summed E-state index contributed by atoms with van der Waals surface area (Å²) in [5.41, 5.74) is -0.737. The molecule has 94 valence electrons. The number of halogens is 1. The first-order valence-electron chi connectivity index (χ1n) is 5.47. The van der Waals surface area contributed by atoms with Crippen LogP contribution in [0.15, 0.2) is 0 Å². The zero-order chi connectivity index (χ0) is 12.5. The van der Waals surface area contributed by atoms with Crippen molar-refractivity contribution in [1.29, 1.82) is 0 Å². The topological polar surface area (TPSA) is 66.3 Å². The van der Waals surface area contributed by atoms with Crippen molar-refractivity contribution in [3.8, 4) is 0 Å².